The van der Waals surface area contributed by atoms with Crippen molar-refractivity contribution in [2.45, 2.75) is 19.8 Å². The van der Waals surface area contributed by atoms with Gasteiger partial charge in [0.1, 0.15) is 0 Å². The first-order chi connectivity index (χ1) is 5.83. The van der Waals surface area contributed by atoms with Crippen molar-refractivity contribution in [3.63, 3.8) is 0 Å². The van der Waals surface area contributed by atoms with Crippen molar-refractivity contribution in [1.82, 2.24) is 0 Å². The van der Waals surface area contributed by atoms with Gasteiger partial charge in [0.25, 0.3) is 0 Å². The number of nitrogens with two attached hydrogens (primary N) is 1. The maximum atomic E-state index is 5.86. The van der Waals surface area contributed by atoms with E-state index in [4.69, 9.17) is 5.73 Å². The first-order valence-electron chi connectivity index (χ1n) is 4.47. The molecule has 0 unspecified atom stereocenters. The average molecular weight is 162 g/mol. The van der Waals surface area contributed by atoms with E-state index in [1.807, 2.05) is 6.07 Å². The number of nitrogens with one attached hydrogen (secondary N) is 1. The molecule has 1 aliphatic heterocycles. The molecule has 2 rings (SSSR count). The van der Waals surface area contributed by atoms with Gasteiger partial charge in [-0.3, -0.25) is 0 Å². The third-order valence-corrected chi connectivity index (χ3v) is 2.49. The standard InChI is InChI=1S/C10H14N2/c1-2-8-9(11)4-3-7-5-6-12-10(7)8/h3-4,12H,2,5-6,11H2,1H3. The molecule has 0 bridgehead atoms. The van der Waals surface area contributed by atoms with Gasteiger partial charge in [-0.1, -0.05) is 13.0 Å². The molecule has 1 aromatic carbocycles. The van der Waals surface area contributed by atoms with Gasteiger partial charge < -0.3 is 11.1 Å². The summed E-state index contributed by atoms with van der Waals surface area (Å²) in [6, 6.07) is 4.15. The zero-order valence-electron chi connectivity index (χ0n) is 7.35. The molecule has 0 saturated carbocycles. The van der Waals surface area contributed by atoms with Crippen LogP contribution in [-0.2, 0) is 12.8 Å². The van der Waals surface area contributed by atoms with E-state index < -0.39 is 0 Å². The van der Waals surface area contributed by atoms with Crippen LogP contribution in [0.1, 0.15) is 18.1 Å². The van der Waals surface area contributed by atoms with Crippen LogP contribution in [0.2, 0.25) is 0 Å². The van der Waals surface area contributed by atoms with Crippen LogP contribution in [0.15, 0.2) is 12.1 Å². The lowest BCUT2D eigenvalue weighted by Gasteiger charge is -2.09. The van der Waals surface area contributed by atoms with Gasteiger partial charge >= 0.3 is 0 Å². The lowest BCUT2D eigenvalue weighted by Crippen LogP contribution is -1.99. The van der Waals surface area contributed by atoms with Crippen molar-refractivity contribution in [3.05, 3.63) is 23.3 Å². The molecular weight excluding hydrogens is 148 g/mol. The Morgan fingerprint density at radius 3 is 3.08 bits per heavy atom. The van der Waals surface area contributed by atoms with E-state index in [1.165, 1.54) is 16.8 Å². The van der Waals surface area contributed by atoms with Crippen LogP contribution in [0.5, 0.6) is 0 Å². The molecule has 64 valence electrons. The molecule has 1 aliphatic rings. The van der Waals surface area contributed by atoms with Gasteiger partial charge in [-0.2, -0.15) is 0 Å². The van der Waals surface area contributed by atoms with Crippen LogP contribution >= 0.6 is 0 Å². The smallest absolute Gasteiger partial charge is 0.0426 e. The van der Waals surface area contributed by atoms with Gasteiger partial charge in [0.2, 0.25) is 0 Å². The summed E-state index contributed by atoms with van der Waals surface area (Å²) in [5.41, 5.74) is 10.8. The van der Waals surface area contributed by atoms with Crippen LogP contribution < -0.4 is 11.1 Å². The van der Waals surface area contributed by atoms with Gasteiger partial charge in [0.05, 0.1) is 0 Å². The molecular formula is C10H14N2. The summed E-state index contributed by atoms with van der Waals surface area (Å²) in [5.74, 6) is 0. The van der Waals surface area contributed by atoms with E-state index in [9.17, 15) is 0 Å². The summed E-state index contributed by atoms with van der Waals surface area (Å²) in [7, 11) is 0. The van der Waals surface area contributed by atoms with E-state index in [0.29, 0.717) is 0 Å². The topological polar surface area (TPSA) is 38.0 Å². The highest BCUT2D eigenvalue weighted by molar-refractivity contribution is 5.69. The van der Waals surface area contributed by atoms with Crippen LogP contribution in [0.4, 0.5) is 11.4 Å². The normalized spacial score (nSPS) is 14.1. The maximum Gasteiger partial charge on any atom is 0.0426 e. The minimum Gasteiger partial charge on any atom is -0.398 e. The van der Waals surface area contributed by atoms with Crippen molar-refractivity contribution < 1.29 is 0 Å². The third-order valence-electron chi connectivity index (χ3n) is 2.49. The van der Waals surface area contributed by atoms with Crippen molar-refractivity contribution in [2.75, 3.05) is 17.6 Å². The molecule has 1 aromatic rings. The van der Waals surface area contributed by atoms with Gasteiger partial charge in [-0.25, -0.2) is 0 Å². The minimum absolute atomic E-state index is 0.922. The maximum absolute atomic E-state index is 5.86. The molecule has 0 saturated heterocycles. The second-order valence-electron chi connectivity index (χ2n) is 3.20. The SMILES string of the molecule is CCc1c(N)ccc2c1NCC2. The van der Waals surface area contributed by atoms with E-state index >= 15 is 0 Å². The summed E-state index contributed by atoms with van der Waals surface area (Å²) in [6.07, 6.45) is 2.16. The number of hydrogen-bond acceptors (Lipinski definition) is 2. The largest absolute Gasteiger partial charge is 0.398 e. The predicted octanol–water partition coefficient (Wildman–Crippen LogP) is 1.80. The molecule has 0 atom stereocenters. The fourth-order valence-electron chi connectivity index (χ4n) is 1.84. The molecule has 1 heterocycles. The summed E-state index contributed by atoms with van der Waals surface area (Å²) < 4.78 is 0. The van der Waals surface area contributed by atoms with Crippen molar-refractivity contribution >= 4 is 11.4 Å². The highest BCUT2D eigenvalue weighted by Gasteiger charge is 2.14. The molecule has 0 radical (unpaired) electrons. The van der Waals surface area contributed by atoms with Crippen LogP contribution in [-0.4, -0.2) is 6.54 Å². The van der Waals surface area contributed by atoms with Crippen LogP contribution in [0.3, 0.4) is 0 Å². The average Bonchev–Trinajstić information content (AvgIpc) is 2.52. The molecule has 12 heavy (non-hydrogen) atoms. The minimum atomic E-state index is 0.922. The van der Waals surface area contributed by atoms with Crippen LogP contribution in [0.25, 0.3) is 0 Å². The van der Waals surface area contributed by atoms with Gasteiger partial charge in [-0.05, 0) is 30.0 Å². The first-order valence-corrected chi connectivity index (χ1v) is 4.47. The van der Waals surface area contributed by atoms with Gasteiger partial charge in [0.15, 0.2) is 0 Å². The van der Waals surface area contributed by atoms with E-state index in [2.05, 4.69) is 18.3 Å². The number of fused-ring (bicyclic) bond motifs is 1. The highest BCUT2D eigenvalue weighted by Crippen LogP contribution is 2.30. The Labute approximate surface area is 72.8 Å². The fraction of sp³-hybridized carbons (Fsp3) is 0.400. The zero-order valence-corrected chi connectivity index (χ0v) is 7.35. The molecule has 0 spiro atoms. The van der Waals surface area contributed by atoms with Crippen molar-refractivity contribution in [2.24, 2.45) is 0 Å². The summed E-state index contributed by atoms with van der Waals surface area (Å²) >= 11 is 0. The second kappa shape index (κ2) is 2.70. The van der Waals surface area contributed by atoms with Crippen molar-refractivity contribution in [3.8, 4) is 0 Å². The Balaban J connectivity index is 2.57. The molecule has 0 aromatic heterocycles. The lowest BCUT2D eigenvalue weighted by molar-refractivity contribution is 1.11. The first kappa shape index (κ1) is 7.47. The Morgan fingerprint density at radius 2 is 2.33 bits per heavy atom. The third kappa shape index (κ3) is 0.951. The molecule has 2 nitrogen and oxygen atoms in total. The number of anilines is 2. The predicted molar refractivity (Wildman–Crippen MR) is 52.4 cm³/mol. The molecule has 0 fully saturated rings. The summed E-state index contributed by atoms with van der Waals surface area (Å²) in [4.78, 5) is 0. The molecule has 2 heteroatoms. The second-order valence-corrected chi connectivity index (χ2v) is 3.20. The Hall–Kier alpha value is -1.18. The summed E-state index contributed by atoms with van der Waals surface area (Å²) in [6.45, 7) is 3.21. The van der Waals surface area contributed by atoms with E-state index in [1.54, 1.807) is 0 Å². The molecule has 0 aliphatic carbocycles. The van der Waals surface area contributed by atoms with Gasteiger partial charge in [0, 0.05) is 17.9 Å². The number of benzene rings is 1. The molecule has 3 N–H and O–H groups in total. The quantitative estimate of drug-likeness (QED) is 0.618. The highest BCUT2D eigenvalue weighted by atomic mass is 14.9. The number of rotatable bonds is 1. The van der Waals surface area contributed by atoms with Gasteiger partial charge in [-0.15, -0.1) is 0 Å². The summed E-state index contributed by atoms with van der Waals surface area (Å²) in [5, 5.41) is 3.38. The van der Waals surface area contributed by atoms with Crippen LogP contribution in [0, 0.1) is 0 Å². The fourth-order valence-corrected chi connectivity index (χ4v) is 1.84. The zero-order chi connectivity index (χ0) is 8.55. The molecule has 0 amide bonds. The lowest BCUT2D eigenvalue weighted by atomic mass is 10.0. The number of nitrogen functional groups attached to an aromatic ring is 1. The number of hydrogen-bond donors (Lipinski definition) is 2. The monoisotopic (exact) mass is 162 g/mol. The van der Waals surface area contributed by atoms with Crippen molar-refractivity contribution in [1.29, 1.82) is 0 Å². The Bertz CT molecular complexity index is 305. The van der Waals surface area contributed by atoms with E-state index in [-0.39, 0.29) is 0 Å². The Morgan fingerprint density at radius 1 is 1.50 bits per heavy atom. The Kier molecular flexibility index (Phi) is 1.68. The van der Waals surface area contributed by atoms with E-state index in [0.717, 1.165) is 25.1 Å².